The molecular weight excluding hydrogens is 216 g/mol. The van der Waals surface area contributed by atoms with Crippen LogP contribution < -0.4 is 5.73 Å². The SMILES string of the molecule is NC1CCCN(C(=O)Cc2ccc(O)cc2)C1. The van der Waals surface area contributed by atoms with Gasteiger partial charge in [0.2, 0.25) is 5.91 Å². The van der Waals surface area contributed by atoms with Crippen LogP contribution in [0.25, 0.3) is 0 Å². The summed E-state index contributed by atoms with van der Waals surface area (Å²) in [5.41, 5.74) is 6.77. The van der Waals surface area contributed by atoms with Crippen LogP contribution in [-0.2, 0) is 11.2 Å². The van der Waals surface area contributed by atoms with E-state index in [1.807, 2.05) is 4.90 Å². The molecule has 1 aromatic carbocycles. The van der Waals surface area contributed by atoms with Crippen molar-refractivity contribution >= 4 is 5.91 Å². The van der Waals surface area contributed by atoms with Gasteiger partial charge in [-0.15, -0.1) is 0 Å². The molecule has 1 aliphatic heterocycles. The zero-order valence-electron chi connectivity index (χ0n) is 9.80. The Morgan fingerprint density at radius 3 is 2.76 bits per heavy atom. The predicted molar refractivity (Wildman–Crippen MR) is 65.6 cm³/mol. The number of amides is 1. The smallest absolute Gasteiger partial charge is 0.227 e. The molecule has 1 saturated heterocycles. The van der Waals surface area contributed by atoms with E-state index in [9.17, 15) is 4.79 Å². The quantitative estimate of drug-likeness (QED) is 0.798. The van der Waals surface area contributed by atoms with E-state index in [1.54, 1.807) is 24.3 Å². The molecule has 92 valence electrons. The Hall–Kier alpha value is -1.55. The summed E-state index contributed by atoms with van der Waals surface area (Å²) in [5, 5.41) is 9.16. The first-order valence-corrected chi connectivity index (χ1v) is 5.96. The highest BCUT2D eigenvalue weighted by Crippen LogP contribution is 2.13. The van der Waals surface area contributed by atoms with Crippen molar-refractivity contribution < 1.29 is 9.90 Å². The Balaban J connectivity index is 1.94. The lowest BCUT2D eigenvalue weighted by atomic mass is 10.1. The van der Waals surface area contributed by atoms with Crippen LogP contribution in [0.2, 0.25) is 0 Å². The number of likely N-dealkylation sites (tertiary alicyclic amines) is 1. The molecule has 1 aromatic rings. The summed E-state index contributed by atoms with van der Waals surface area (Å²) in [6, 6.07) is 6.87. The number of benzene rings is 1. The number of aromatic hydroxyl groups is 1. The van der Waals surface area contributed by atoms with Crippen molar-refractivity contribution in [3.05, 3.63) is 29.8 Å². The Morgan fingerprint density at radius 1 is 1.41 bits per heavy atom. The summed E-state index contributed by atoms with van der Waals surface area (Å²) in [6.45, 7) is 1.47. The highest BCUT2D eigenvalue weighted by atomic mass is 16.3. The third-order valence-corrected chi connectivity index (χ3v) is 3.10. The molecule has 1 fully saturated rings. The summed E-state index contributed by atoms with van der Waals surface area (Å²) >= 11 is 0. The van der Waals surface area contributed by atoms with E-state index >= 15 is 0 Å². The lowest BCUT2D eigenvalue weighted by Gasteiger charge is -2.30. The molecule has 0 radical (unpaired) electrons. The molecule has 0 saturated carbocycles. The maximum Gasteiger partial charge on any atom is 0.227 e. The molecule has 0 aromatic heterocycles. The average Bonchev–Trinajstić information content (AvgIpc) is 2.32. The molecule has 4 nitrogen and oxygen atoms in total. The largest absolute Gasteiger partial charge is 0.508 e. The summed E-state index contributed by atoms with van der Waals surface area (Å²) in [7, 11) is 0. The van der Waals surface area contributed by atoms with Gasteiger partial charge in [0.25, 0.3) is 0 Å². The van der Waals surface area contributed by atoms with Gasteiger partial charge in [0, 0.05) is 19.1 Å². The number of carbonyl (C=O) groups excluding carboxylic acids is 1. The van der Waals surface area contributed by atoms with Crippen molar-refractivity contribution in [3.63, 3.8) is 0 Å². The van der Waals surface area contributed by atoms with Crippen molar-refractivity contribution in [1.29, 1.82) is 0 Å². The number of rotatable bonds is 2. The van der Waals surface area contributed by atoms with Crippen molar-refractivity contribution in [2.45, 2.75) is 25.3 Å². The fourth-order valence-corrected chi connectivity index (χ4v) is 2.14. The van der Waals surface area contributed by atoms with E-state index in [-0.39, 0.29) is 17.7 Å². The van der Waals surface area contributed by atoms with Gasteiger partial charge < -0.3 is 15.7 Å². The molecule has 1 amide bonds. The lowest BCUT2D eigenvalue weighted by Crippen LogP contribution is -2.46. The summed E-state index contributed by atoms with van der Waals surface area (Å²) in [5.74, 6) is 0.340. The molecule has 0 aliphatic carbocycles. The highest BCUT2D eigenvalue weighted by molar-refractivity contribution is 5.79. The van der Waals surface area contributed by atoms with Gasteiger partial charge in [-0.3, -0.25) is 4.79 Å². The van der Waals surface area contributed by atoms with Crippen molar-refractivity contribution in [2.24, 2.45) is 5.73 Å². The van der Waals surface area contributed by atoms with E-state index < -0.39 is 0 Å². The van der Waals surface area contributed by atoms with Crippen molar-refractivity contribution in [3.8, 4) is 5.75 Å². The van der Waals surface area contributed by atoms with Crippen LogP contribution in [0.15, 0.2) is 24.3 Å². The van der Waals surface area contributed by atoms with Crippen LogP contribution in [0, 0.1) is 0 Å². The van der Waals surface area contributed by atoms with E-state index in [2.05, 4.69) is 0 Å². The van der Waals surface area contributed by atoms with Crippen molar-refractivity contribution in [2.75, 3.05) is 13.1 Å². The fourth-order valence-electron chi connectivity index (χ4n) is 2.14. The highest BCUT2D eigenvalue weighted by Gasteiger charge is 2.20. The third-order valence-electron chi connectivity index (χ3n) is 3.10. The monoisotopic (exact) mass is 234 g/mol. The average molecular weight is 234 g/mol. The number of hydrogen-bond acceptors (Lipinski definition) is 3. The van der Waals surface area contributed by atoms with Crippen molar-refractivity contribution in [1.82, 2.24) is 4.90 Å². The zero-order chi connectivity index (χ0) is 12.3. The Morgan fingerprint density at radius 2 is 2.12 bits per heavy atom. The predicted octanol–water partition coefficient (Wildman–Crippen LogP) is 0.884. The van der Waals surface area contributed by atoms with E-state index in [4.69, 9.17) is 10.8 Å². The molecule has 1 atom stereocenters. The molecule has 0 bridgehead atoms. The second-order valence-corrected chi connectivity index (χ2v) is 4.59. The number of hydrogen-bond donors (Lipinski definition) is 2. The van der Waals surface area contributed by atoms with Gasteiger partial charge in [0.1, 0.15) is 5.75 Å². The minimum atomic E-state index is 0.117. The second-order valence-electron chi connectivity index (χ2n) is 4.59. The number of carbonyl (C=O) groups is 1. The van der Waals surface area contributed by atoms with E-state index in [1.165, 1.54) is 0 Å². The first kappa shape index (κ1) is 11.9. The first-order valence-electron chi connectivity index (χ1n) is 5.96. The zero-order valence-corrected chi connectivity index (χ0v) is 9.80. The summed E-state index contributed by atoms with van der Waals surface area (Å²) < 4.78 is 0. The standard InChI is InChI=1S/C13H18N2O2/c14-11-2-1-7-15(9-11)13(17)8-10-3-5-12(16)6-4-10/h3-6,11,16H,1-2,7-9,14H2. The van der Waals surface area contributed by atoms with Crippen LogP contribution >= 0.6 is 0 Å². The summed E-state index contributed by atoms with van der Waals surface area (Å²) in [6.07, 6.45) is 2.37. The van der Waals surface area contributed by atoms with Crippen LogP contribution in [0.1, 0.15) is 18.4 Å². The molecule has 0 spiro atoms. The number of nitrogens with zero attached hydrogens (tertiary/aromatic N) is 1. The van der Waals surface area contributed by atoms with Gasteiger partial charge in [0.15, 0.2) is 0 Å². The summed E-state index contributed by atoms with van der Waals surface area (Å²) in [4.78, 5) is 13.8. The van der Waals surface area contributed by atoms with Crippen LogP contribution in [0.4, 0.5) is 0 Å². The fraction of sp³-hybridized carbons (Fsp3) is 0.462. The normalized spacial score (nSPS) is 20.3. The molecule has 1 aliphatic rings. The first-order chi connectivity index (χ1) is 8.15. The Bertz CT molecular complexity index is 389. The van der Waals surface area contributed by atoms with Gasteiger partial charge in [-0.2, -0.15) is 0 Å². The van der Waals surface area contributed by atoms with Crippen LogP contribution in [0.5, 0.6) is 5.75 Å². The number of phenols is 1. The van der Waals surface area contributed by atoms with E-state index in [0.29, 0.717) is 13.0 Å². The van der Waals surface area contributed by atoms with Gasteiger partial charge in [-0.05, 0) is 30.5 Å². The number of phenolic OH excluding ortho intramolecular Hbond substituents is 1. The van der Waals surface area contributed by atoms with Gasteiger partial charge in [-0.1, -0.05) is 12.1 Å². The van der Waals surface area contributed by atoms with Crippen LogP contribution in [-0.4, -0.2) is 35.0 Å². The van der Waals surface area contributed by atoms with Gasteiger partial charge >= 0.3 is 0 Å². The Labute approximate surface area is 101 Å². The molecular formula is C13H18N2O2. The molecule has 1 unspecified atom stereocenters. The second kappa shape index (κ2) is 5.19. The maximum absolute atomic E-state index is 12.0. The topological polar surface area (TPSA) is 66.6 Å². The minimum Gasteiger partial charge on any atom is -0.508 e. The molecule has 4 heteroatoms. The van der Waals surface area contributed by atoms with E-state index in [0.717, 1.165) is 24.9 Å². The minimum absolute atomic E-state index is 0.117. The molecule has 1 heterocycles. The molecule has 17 heavy (non-hydrogen) atoms. The lowest BCUT2D eigenvalue weighted by molar-refractivity contribution is -0.131. The molecule has 2 rings (SSSR count). The Kier molecular flexibility index (Phi) is 3.64. The molecule has 3 N–H and O–H groups in total. The number of nitrogens with two attached hydrogens (primary N) is 1. The van der Waals surface area contributed by atoms with Crippen LogP contribution in [0.3, 0.4) is 0 Å². The maximum atomic E-state index is 12.0. The van der Waals surface area contributed by atoms with Gasteiger partial charge in [0.05, 0.1) is 6.42 Å². The van der Waals surface area contributed by atoms with Gasteiger partial charge in [-0.25, -0.2) is 0 Å². The third kappa shape index (κ3) is 3.20. The number of piperidine rings is 1.